The molecule has 0 aliphatic rings. The Hall–Kier alpha value is -2.33. The Morgan fingerprint density at radius 1 is 1.15 bits per heavy atom. The molecule has 27 heavy (non-hydrogen) atoms. The van der Waals surface area contributed by atoms with Crippen LogP contribution in [0.1, 0.15) is 29.3 Å². The Balaban J connectivity index is 0.000000271. The summed E-state index contributed by atoms with van der Waals surface area (Å²) in [7, 11) is -4.33. The molecule has 0 spiro atoms. The Bertz CT molecular complexity index is 890. The highest BCUT2D eigenvalue weighted by Gasteiger charge is 2.41. The van der Waals surface area contributed by atoms with Crippen LogP contribution in [0.4, 0.5) is 13.2 Å². The average molecular weight is 406 g/mol. The van der Waals surface area contributed by atoms with E-state index < -0.39 is 22.0 Å². The quantitative estimate of drug-likeness (QED) is 0.480. The van der Waals surface area contributed by atoms with Crippen LogP contribution in [0.15, 0.2) is 35.4 Å². The minimum Gasteiger partial charge on any atom is -0.744 e. The number of halogens is 3. The first kappa shape index (κ1) is 22.7. The summed E-state index contributed by atoms with van der Waals surface area (Å²) >= 11 is 0. The average Bonchev–Trinajstić information content (AvgIpc) is 2.46. The molecule has 0 unspecified atom stereocenters. The van der Waals surface area contributed by atoms with Crippen LogP contribution in [0, 0.1) is 20.8 Å². The largest absolute Gasteiger partial charge is 0.744 e. The van der Waals surface area contributed by atoms with Crippen LogP contribution in [-0.4, -0.2) is 19.6 Å². The summed E-state index contributed by atoms with van der Waals surface area (Å²) in [5, 5.41) is 0. The molecule has 150 valence electrons. The van der Waals surface area contributed by atoms with Gasteiger partial charge in [0.1, 0.15) is 15.9 Å². The van der Waals surface area contributed by atoms with Gasteiger partial charge in [0, 0.05) is 6.07 Å². The lowest BCUT2D eigenvalue weighted by molar-refractivity contribution is -0.660. The maximum absolute atomic E-state index is 12.3. The molecule has 0 atom stereocenters. The second-order valence-corrected chi connectivity index (χ2v) is 7.08. The Morgan fingerprint density at radius 3 is 2.07 bits per heavy atom. The molecule has 0 aliphatic heterocycles. The van der Waals surface area contributed by atoms with Crippen molar-refractivity contribution in [3.8, 4) is 5.75 Å². The van der Waals surface area contributed by atoms with Gasteiger partial charge in [-0.15, -0.1) is 0 Å². The van der Waals surface area contributed by atoms with E-state index in [0.717, 1.165) is 17.8 Å². The van der Waals surface area contributed by atoms with E-state index in [9.17, 15) is 26.1 Å². The summed E-state index contributed by atoms with van der Waals surface area (Å²) in [6.07, 6.45) is -3.37. The van der Waals surface area contributed by atoms with Gasteiger partial charge in [-0.05, 0) is 38.8 Å². The molecule has 0 saturated carbocycles. The standard InChI is InChI=1S/C9H12O3S.C8H10F3N2O/c1-6-4-7(2)9(8(3)5-6)13(10,11)12;1-2-14-6-3-4-13(12)7(5-6)8(9,10)11/h4-5H,1-3H3,(H,10,11,12);3-5H,2,12H2,1H3/q;+1/p-1. The molecule has 1 aromatic heterocycles. The van der Waals surface area contributed by atoms with Gasteiger partial charge in [-0.25, -0.2) is 14.3 Å². The molecule has 2 aromatic rings. The van der Waals surface area contributed by atoms with Crippen molar-refractivity contribution >= 4 is 10.1 Å². The van der Waals surface area contributed by atoms with Gasteiger partial charge in [0.15, 0.2) is 0 Å². The van der Waals surface area contributed by atoms with Crippen molar-refractivity contribution in [2.45, 2.75) is 38.8 Å². The van der Waals surface area contributed by atoms with E-state index in [4.69, 9.17) is 10.6 Å². The van der Waals surface area contributed by atoms with Crippen LogP contribution in [0.25, 0.3) is 0 Å². The summed E-state index contributed by atoms with van der Waals surface area (Å²) in [6.45, 7) is 7.12. The van der Waals surface area contributed by atoms with Gasteiger partial charge in [-0.1, -0.05) is 22.4 Å². The SMILES string of the molecule is CCOc1cc[n+](N)c(C(F)(F)F)c1.Cc1cc(C)c(S(=O)(=O)[O-])c(C)c1. The van der Waals surface area contributed by atoms with Crippen molar-refractivity contribution in [2.24, 2.45) is 0 Å². The minimum absolute atomic E-state index is 0.0851. The smallest absolute Gasteiger partial charge is 0.480 e. The second-order valence-electron chi connectivity index (χ2n) is 5.77. The zero-order chi connectivity index (χ0) is 21.0. The third kappa shape index (κ3) is 6.40. The van der Waals surface area contributed by atoms with Gasteiger partial charge in [-0.3, -0.25) is 0 Å². The number of alkyl halides is 3. The van der Waals surface area contributed by atoms with Crippen molar-refractivity contribution < 1.29 is 35.6 Å². The van der Waals surface area contributed by atoms with Crippen LogP contribution in [0.3, 0.4) is 0 Å². The first-order chi connectivity index (χ1) is 12.3. The Morgan fingerprint density at radius 2 is 1.67 bits per heavy atom. The van der Waals surface area contributed by atoms with Crippen molar-refractivity contribution in [1.82, 2.24) is 0 Å². The summed E-state index contributed by atoms with van der Waals surface area (Å²) < 4.78 is 74.9. The molecule has 2 rings (SSSR count). The Kier molecular flexibility index (Phi) is 7.21. The maximum atomic E-state index is 12.3. The Labute approximate surface area is 156 Å². The molecule has 0 saturated heterocycles. The maximum Gasteiger partial charge on any atom is 0.480 e. The van der Waals surface area contributed by atoms with Crippen molar-refractivity contribution in [1.29, 1.82) is 0 Å². The second kappa shape index (κ2) is 8.57. The lowest BCUT2D eigenvalue weighted by Gasteiger charge is -2.14. The summed E-state index contributed by atoms with van der Waals surface area (Å²) in [5.74, 6) is 5.27. The van der Waals surface area contributed by atoms with Gasteiger partial charge in [-0.2, -0.15) is 13.2 Å². The number of benzene rings is 1. The molecular weight excluding hydrogens is 385 g/mol. The predicted octanol–water partition coefficient (Wildman–Crippen LogP) is 2.62. The molecule has 6 nitrogen and oxygen atoms in total. The predicted molar refractivity (Wildman–Crippen MR) is 91.6 cm³/mol. The molecular formula is C17H21F3N2O4S. The number of hydrogen-bond donors (Lipinski definition) is 1. The normalized spacial score (nSPS) is 11.6. The summed E-state index contributed by atoms with van der Waals surface area (Å²) in [5.41, 5.74) is 1.06. The number of nitrogens with two attached hydrogens (primary N) is 1. The number of rotatable bonds is 3. The fraction of sp³-hybridized carbons (Fsp3) is 0.353. The monoisotopic (exact) mass is 406 g/mol. The zero-order valence-corrected chi connectivity index (χ0v) is 16.1. The van der Waals surface area contributed by atoms with Gasteiger partial charge in [0.25, 0.3) is 0 Å². The first-order valence-corrected chi connectivity index (χ1v) is 9.22. The lowest BCUT2D eigenvalue weighted by atomic mass is 10.1. The number of ether oxygens (including phenoxy) is 1. The van der Waals surface area contributed by atoms with Crippen LogP contribution >= 0.6 is 0 Å². The number of pyridine rings is 1. The number of nitrogens with zero attached hydrogens (tertiary/aromatic N) is 1. The molecule has 2 N–H and O–H groups in total. The molecule has 0 amide bonds. The number of aryl methyl sites for hydroxylation is 3. The molecule has 0 radical (unpaired) electrons. The van der Waals surface area contributed by atoms with Gasteiger partial charge >= 0.3 is 11.9 Å². The van der Waals surface area contributed by atoms with E-state index in [1.807, 2.05) is 6.92 Å². The van der Waals surface area contributed by atoms with Crippen LogP contribution in [0.2, 0.25) is 0 Å². The van der Waals surface area contributed by atoms with Crippen molar-refractivity contribution in [3.05, 3.63) is 52.8 Å². The summed E-state index contributed by atoms with van der Waals surface area (Å²) in [4.78, 5) is -0.0851. The first-order valence-electron chi connectivity index (χ1n) is 7.82. The molecule has 0 aliphatic carbocycles. The van der Waals surface area contributed by atoms with E-state index in [0.29, 0.717) is 22.4 Å². The minimum atomic E-state index is -4.47. The summed E-state index contributed by atoms with van der Waals surface area (Å²) in [6, 6.07) is 5.62. The fourth-order valence-electron chi connectivity index (χ4n) is 2.54. The van der Waals surface area contributed by atoms with Gasteiger partial charge in [0.2, 0.25) is 6.20 Å². The van der Waals surface area contributed by atoms with Crippen LogP contribution in [0.5, 0.6) is 5.75 Å². The number of nitrogen functional groups attached to an aromatic ring is 1. The molecule has 0 bridgehead atoms. The molecule has 1 heterocycles. The van der Waals surface area contributed by atoms with E-state index >= 15 is 0 Å². The topological polar surface area (TPSA) is 96.3 Å². The number of aromatic nitrogens is 1. The third-order valence-electron chi connectivity index (χ3n) is 3.41. The van der Waals surface area contributed by atoms with E-state index in [1.165, 1.54) is 6.07 Å². The van der Waals surface area contributed by atoms with E-state index in [-0.39, 0.29) is 10.6 Å². The number of hydrogen-bond acceptors (Lipinski definition) is 5. The molecule has 10 heteroatoms. The van der Waals surface area contributed by atoms with Crippen molar-refractivity contribution in [3.63, 3.8) is 0 Å². The highest BCUT2D eigenvalue weighted by atomic mass is 32.2. The van der Waals surface area contributed by atoms with Gasteiger partial charge in [0.05, 0.1) is 17.6 Å². The van der Waals surface area contributed by atoms with Crippen LogP contribution in [-0.2, 0) is 16.3 Å². The van der Waals surface area contributed by atoms with Crippen molar-refractivity contribution in [2.75, 3.05) is 12.4 Å². The van der Waals surface area contributed by atoms with Gasteiger partial charge < -0.3 is 9.29 Å². The highest BCUT2D eigenvalue weighted by Crippen LogP contribution is 2.28. The zero-order valence-electron chi connectivity index (χ0n) is 15.3. The fourth-order valence-corrected chi connectivity index (χ4v) is 3.44. The van der Waals surface area contributed by atoms with E-state index in [2.05, 4.69) is 0 Å². The van der Waals surface area contributed by atoms with Crippen LogP contribution < -0.4 is 15.3 Å². The highest BCUT2D eigenvalue weighted by molar-refractivity contribution is 7.85. The lowest BCUT2D eigenvalue weighted by Crippen LogP contribution is -2.50. The molecule has 0 fully saturated rings. The molecule has 1 aromatic carbocycles. The van der Waals surface area contributed by atoms with E-state index in [1.54, 1.807) is 32.9 Å². The third-order valence-corrected chi connectivity index (χ3v) is 4.56.